The number of esters is 1. The van der Waals surface area contributed by atoms with Gasteiger partial charge in [0.1, 0.15) is 0 Å². The van der Waals surface area contributed by atoms with Crippen molar-refractivity contribution < 1.29 is 14.6 Å². The number of methoxy groups -OCH3 is 1. The third-order valence-electron chi connectivity index (χ3n) is 0.368. The molecule has 0 saturated carbocycles. The van der Waals surface area contributed by atoms with E-state index in [1.165, 1.54) is 7.11 Å². The Labute approximate surface area is 54.9 Å². The summed E-state index contributed by atoms with van der Waals surface area (Å²) in [7, 11) is 1.31. The fourth-order valence-corrected chi connectivity index (χ4v) is 0.0833. The summed E-state index contributed by atoms with van der Waals surface area (Å²) < 4.78 is 4.14. The van der Waals surface area contributed by atoms with Crippen LogP contribution < -0.4 is 0 Å². The average molecular weight is 132 g/mol. The van der Waals surface area contributed by atoms with Gasteiger partial charge >= 0.3 is 5.97 Å². The molecule has 0 radical (unpaired) electrons. The van der Waals surface area contributed by atoms with Gasteiger partial charge < -0.3 is 9.84 Å². The normalized spacial score (nSPS) is 6.56. The summed E-state index contributed by atoms with van der Waals surface area (Å²) in [5.74, 6) is -0.394. The molecule has 0 bridgehead atoms. The van der Waals surface area contributed by atoms with Gasteiger partial charge in [-0.1, -0.05) is 6.58 Å². The van der Waals surface area contributed by atoms with E-state index in [0.29, 0.717) is 0 Å². The van der Waals surface area contributed by atoms with Gasteiger partial charge in [0, 0.05) is 12.7 Å². The molecule has 1 N–H and O–H groups in total. The van der Waals surface area contributed by atoms with E-state index in [4.69, 9.17) is 5.11 Å². The van der Waals surface area contributed by atoms with E-state index < -0.39 is 5.97 Å². The van der Waals surface area contributed by atoms with Crippen LogP contribution in [0.5, 0.6) is 0 Å². The highest BCUT2D eigenvalue weighted by atomic mass is 16.5. The van der Waals surface area contributed by atoms with Crippen LogP contribution in [-0.2, 0) is 9.53 Å². The first-order valence-electron chi connectivity index (χ1n) is 2.54. The number of hydrogen-bond donors (Lipinski definition) is 1. The fraction of sp³-hybridized carbons (Fsp3) is 0.500. The molecular formula is C6H12O3. The molecule has 0 aliphatic heterocycles. The largest absolute Gasteiger partial charge is 0.466 e. The zero-order valence-electron chi connectivity index (χ0n) is 5.76. The zero-order chi connectivity index (χ0) is 7.70. The second-order valence-corrected chi connectivity index (χ2v) is 1.04. The molecule has 54 valence electrons. The first-order valence-corrected chi connectivity index (χ1v) is 2.54. The second-order valence-electron chi connectivity index (χ2n) is 1.04. The summed E-state index contributed by atoms with van der Waals surface area (Å²) in [6.45, 7) is 5.09. The van der Waals surface area contributed by atoms with Crippen LogP contribution >= 0.6 is 0 Å². The quantitative estimate of drug-likeness (QED) is 0.413. The lowest BCUT2D eigenvalue weighted by atomic mass is 10.7. The SMILES string of the molecule is C=CC(=O)OC.CCO. The van der Waals surface area contributed by atoms with Gasteiger partial charge in [0.15, 0.2) is 0 Å². The van der Waals surface area contributed by atoms with Crippen molar-refractivity contribution in [3.63, 3.8) is 0 Å². The Morgan fingerprint density at radius 2 is 2.22 bits per heavy atom. The molecule has 0 aromatic carbocycles. The first-order chi connectivity index (χ1) is 4.22. The fourth-order valence-electron chi connectivity index (χ4n) is 0.0833. The molecule has 0 rings (SSSR count). The molecule has 0 atom stereocenters. The van der Waals surface area contributed by atoms with Gasteiger partial charge in [-0.25, -0.2) is 4.79 Å². The summed E-state index contributed by atoms with van der Waals surface area (Å²) in [6, 6.07) is 0. The molecule has 9 heavy (non-hydrogen) atoms. The minimum atomic E-state index is -0.394. The van der Waals surface area contributed by atoms with Crippen LogP contribution in [0.1, 0.15) is 6.92 Å². The van der Waals surface area contributed by atoms with E-state index in [1.54, 1.807) is 6.92 Å². The van der Waals surface area contributed by atoms with Crippen LogP contribution in [0.4, 0.5) is 0 Å². The number of rotatable bonds is 1. The Bertz CT molecular complexity index is 78.4. The van der Waals surface area contributed by atoms with Crippen molar-refractivity contribution in [1.29, 1.82) is 0 Å². The van der Waals surface area contributed by atoms with Crippen molar-refractivity contribution in [2.24, 2.45) is 0 Å². The number of ether oxygens (including phenoxy) is 1. The summed E-state index contributed by atoms with van der Waals surface area (Å²) in [6.07, 6.45) is 1.11. The molecule has 0 heterocycles. The Morgan fingerprint density at radius 1 is 1.89 bits per heavy atom. The van der Waals surface area contributed by atoms with E-state index in [2.05, 4.69) is 11.3 Å². The Hall–Kier alpha value is -0.830. The standard InChI is InChI=1S/C4H6O2.C2H6O/c1-3-4(5)6-2;1-2-3/h3H,1H2,2H3;3H,2H2,1H3. The van der Waals surface area contributed by atoms with E-state index >= 15 is 0 Å². The lowest BCUT2D eigenvalue weighted by Gasteiger charge is -1.83. The van der Waals surface area contributed by atoms with Crippen molar-refractivity contribution in [3.8, 4) is 0 Å². The van der Waals surface area contributed by atoms with Crippen LogP contribution in [-0.4, -0.2) is 24.8 Å². The molecule has 0 aliphatic rings. The van der Waals surface area contributed by atoms with Gasteiger partial charge in [-0.15, -0.1) is 0 Å². The van der Waals surface area contributed by atoms with E-state index in [0.717, 1.165) is 6.08 Å². The third-order valence-corrected chi connectivity index (χ3v) is 0.368. The average Bonchev–Trinajstić information content (AvgIpc) is 1.88. The first kappa shape index (κ1) is 11.0. The number of hydrogen-bond acceptors (Lipinski definition) is 3. The number of carbonyl (C=O) groups excluding carboxylic acids is 1. The lowest BCUT2D eigenvalue weighted by molar-refractivity contribution is -0.134. The summed E-state index contributed by atoms with van der Waals surface area (Å²) >= 11 is 0. The number of carbonyl (C=O) groups is 1. The maximum atomic E-state index is 9.84. The molecule has 3 heteroatoms. The Morgan fingerprint density at radius 3 is 2.22 bits per heavy atom. The monoisotopic (exact) mass is 132 g/mol. The lowest BCUT2D eigenvalue weighted by Crippen LogP contribution is -1.91. The minimum absolute atomic E-state index is 0.250. The molecule has 0 saturated heterocycles. The van der Waals surface area contributed by atoms with Crippen molar-refractivity contribution in [2.75, 3.05) is 13.7 Å². The number of aliphatic hydroxyl groups is 1. The Kier molecular flexibility index (Phi) is 12.5. The van der Waals surface area contributed by atoms with Crippen molar-refractivity contribution in [3.05, 3.63) is 12.7 Å². The number of aliphatic hydroxyl groups excluding tert-OH is 1. The minimum Gasteiger partial charge on any atom is -0.466 e. The molecule has 0 amide bonds. The summed E-state index contributed by atoms with van der Waals surface area (Å²) in [4.78, 5) is 9.84. The molecule has 0 spiro atoms. The van der Waals surface area contributed by atoms with E-state index in [9.17, 15) is 4.79 Å². The van der Waals surface area contributed by atoms with Gasteiger partial charge in [0.25, 0.3) is 0 Å². The summed E-state index contributed by atoms with van der Waals surface area (Å²) in [5.41, 5.74) is 0. The van der Waals surface area contributed by atoms with Crippen LogP contribution in [0.15, 0.2) is 12.7 Å². The van der Waals surface area contributed by atoms with Crippen LogP contribution in [0.25, 0.3) is 0 Å². The molecule has 0 aromatic rings. The van der Waals surface area contributed by atoms with Gasteiger partial charge in [-0.05, 0) is 6.92 Å². The predicted molar refractivity (Wildman–Crippen MR) is 35.0 cm³/mol. The van der Waals surface area contributed by atoms with Crippen molar-refractivity contribution >= 4 is 5.97 Å². The smallest absolute Gasteiger partial charge is 0.329 e. The Balaban J connectivity index is 0. The van der Waals surface area contributed by atoms with Gasteiger partial charge in [0.05, 0.1) is 7.11 Å². The van der Waals surface area contributed by atoms with E-state index in [1.807, 2.05) is 0 Å². The highest BCUT2D eigenvalue weighted by Crippen LogP contribution is 1.67. The molecule has 0 aromatic heterocycles. The maximum absolute atomic E-state index is 9.84. The van der Waals surface area contributed by atoms with Crippen LogP contribution in [0, 0.1) is 0 Å². The highest BCUT2D eigenvalue weighted by molar-refractivity contribution is 5.80. The van der Waals surface area contributed by atoms with Crippen molar-refractivity contribution in [2.45, 2.75) is 6.92 Å². The molecule has 0 fully saturated rings. The van der Waals surface area contributed by atoms with Crippen LogP contribution in [0.2, 0.25) is 0 Å². The molecular weight excluding hydrogens is 120 g/mol. The highest BCUT2D eigenvalue weighted by Gasteiger charge is 1.81. The van der Waals surface area contributed by atoms with Gasteiger partial charge in [-0.3, -0.25) is 0 Å². The van der Waals surface area contributed by atoms with E-state index in [-0.39, 0.29) is 6.61 Å². The third kappa shape index (κ3) is 19.1. The second kappa shape index (κ2) is 10.2. The van der Waals surface area contributed by atoms with Crippen LogP contribution in [0.3, 0.4) is 0 Å². The van der Waals surface area contributed by atoms with Gasteiger partial charge in [-0.2, -0.15) is 0 Å². The summed E-state index contributed by atoms with van der Waals surface area (Å²) in [5, 5.41) is 7.57. The molecule has 0 unspecified atom stereocenters. The topological polar surface area (TPSA) is 46.5 Å². The van der Waals surface area contributed by atoms with Gasteiger partial charge in [0.2, 0.25) is 0 Å². The maximum Gasteiger partial charge on any atom is 0.329 e. The molecule has 3 nitrogen and oxygen atoms in total. The van der Waals surface area contributed by atoms with Crippen molar-refractivity contribution in [1.82, 2.24) is 0 Å². The predicted octanol–water partition coefficient (Wildman–Crippen LogP) is 0.344. The zero-order valence-corrected chi connectivity index (χ0v) is 5.76. The molecule has 0 aliphatic carbocycles.